The number of aromatic nitrogens is 2. The highest BCUT2D eigenvalue weighted by atomic mass is 35.5. The molecule has 3 nitrogen and oxygen atoms in total. The first-order chi connectivity index (χ1) is 10.1. The highest BCUT2D eigenvalue weighted by molar-refractivity contribution is 6.18. The summed E-state index contributed by atoms with van der Waals surface area (Å²) >= 11 is 5.96. The number of benzene rings is 1. The minimum atomic E-state index is 0.389. The minimum absolute atomic E-state index is 0.389. The van der Waals surface area contributed by atoms with Gasteiger partial charge >= 0.3 is 0 Å². The molecule has 0 radical (unpaired) electrons. The number of aryl methyl sites for hydroxylation is 1. The summed E-state index contributed by atoms with van der Waals surface area (Å²) < 4.78 is 0. The summed E-state index contributed by atoms with van der Waals surface area (Å²) in [4.78, 5) is 11.4. The van der Waals surface area contributed by atoms with Crippen molar-refractivity contribution in [2.45, 2.75) is 33.2 Å². The van der Waals surface area contributed by atoms with Crippen LogP contribution in [0.4, 0.5) is 5.95 Å². The minimum Gasteiger partial charge on any atom is -0.335 e. The molecule has 0 spiro atoms. The van der Waals surface area contributed by atoms with E-state index in [0.29, 0.717) is 11.8 Å². The van der Waals surface area contributed by atoms with Gasteiger partial charge in [-0.3, -0.25) is 0 Å². The fourth-order valence-electron chi connectivity index (χ4n) is 2.17. The van der Waals surface area contributed by atoms with Gasteiger partial charge in [-0.2, -0.15) is 0 Å². The Morgan fingerprint density at radius 1 is 1.14 bits per heavy atom. The van der Waals surface area contributed by atoms with E-state index in [0.717, 1.165) is 30.4 Å². The van der Waals surface area contributed by atoms with E-state index in [-0.39, 0.29) is 0 Å². The third kappa shape index (κ3) is 4.43. The second-order valence-electron chi connectivity index (χ2n) is 5.49. The summed E-state index contributed by atoms with van der Waals surface area (Å²) in [6.07, 6.45) is 0. The maximum Gasteiger partial charge on any atom is 0.226 e. The fourth-order valence-corrected chi connectivity index (χ4v) is 2.37. The topological polar surface area (TPSA) is 29.0 Å². The molecule has 0 atom stereocenters. The van der Waals surface area contributed by atoms with Crippen LogP contribution in [-0.2, 0) is 6.54 Å². The first-order valence-electron chi connectivity index (χ1n) is 7.30. The molecule has 4 heteroatoms. The van der Waals surface area contributed by atoms with E-state index in [1.807, 2.05) is 25.1 Å². The zero-order valence-corrected chi connectivity index (χ0v) is 13.6. The van der Waals surface area contributed by atoms with Gasteiger partial charge in [0.1, 0.15) is 0 Å². The van der Waals surface area contributed by atoms with Crippen LogP contribution < -0.4 is 4.90 Å². The van der Waals surface area contributed by atoms with E-state index in [4.69, 9.17) is 16.6 Å². The summed E-state index contributed by atoms with van der Waals surface area (Å²) in [6.45, 7) is 7.81. The van der Waals surface area contributed by atoms with Gasteiger partial charge in [-0.25, -0.2) is 9.97 Å². The Labute approximate surface area is 132 Å². The Morgan fingerprint density at radius 2 is 1.86 bits per heavy atom. The van der Waals surface area contributed by atoms with Gasteiger partial charge in [0.2, 0.25) is 5.95 Å². The average Bonchev–Trinajstić information content (AvgIpc) is 2.47. The Hall–Kier alpha value is -1.61. The quantitative estimate of drug-likeness (QED) is 0.751. The van der Waals surface area contributed by atoms with E-state index < -0.39 is 0 Å². The molecule has 0 aliphatic rings. The molecule has 0 aliphatic carbocycles. The van der Waals surface area contributed by atoms with Crippen LogP contribution in [0.1, 0.15) is 36.7 Å². The molecule has 2 rings (SSSR count). The Bertz CT molecular complexity index is 570. The summed E-state index contributed by atoms with van der Waals surface area (Å²) in [5.74, 6) is 1.71. The van der Waals surface area contributed by atoms with Crippen LogP contribution in [0.5, 0.6) is 0 Å². The maximum atomic E-state index is 5.96. The van der Waals surface area contributed by atoms with Crippen LogP contribution in [-0.4, -0.2) is 22.4 Å². The van der Waals surface area contributed by atoms with Gasteiger partial charge in [-0.1, -0.05) is 44.2 Å². The van der Waals surface area contributed by atoms with E-state index in [9.17, 15) is 0 Å². The number of alkyl halides is 1. The first-order valence-corrected chi connectivity index (χ1v) is 7.84. The zero-order chi connectivity index (χ0) is 15.2. The van der Waals surface area contributed by atoms with Crippen LogP contribution in [0.15, 0.2) is 36.4 Å². The normalized spacial score (nSPS) is 10.9. The Morgan fingerprint density at radius 3 is 2.48 bits per heavy atom. The highest BCUT2D eigenvalue weighted by Crippen LogP contribution is 2.18. The second-order valence-corrected chi connectivity index (χ2v) is 5.86. The van der Waals surface area contributed by atoms with Crippen LogP contribution in [0.2, 0.25) is 0 Å². The van der Waals surface area contributed by atoms with Crippen molar-refractivity contribution in [2.24, 2.45) is 0 Å². The van der Waals surface area contributed by atoms with Gasteiger partial charge in [0.05, 0.1) is 0 Å². The predicted octanol–water partition coefficient (Wildman–Crippen LogP) is 4.15. The van der Waals surface area contributed by atoms with Gasteiger partial charge in [-0.15, -0.1) is 11.6 Å². The molecule has 1 aromatic heterocycles. The van der Waals surface area contributed by atoms with Crippen molar-refractivity contribution in [1.29, 1.82) is 0 Å². The van der Waals surface area contributed by atoms with E-state index >= 15 is 0 Å². The molecule has 0 saturated carbocycles. The summed E-state index contributed by atoms with van der Waals surface area (Å²) in [5.41, 5.74) is 3.31. The molecule has 0 bridgehead atoms. The largest absolute Gasteiger partial charge is 0.335 e. The molecule has 1 heterocycles. The monoisotopic (exact) mass is 303 g/mol. The lowest BCUT2D eigenvalue weighted by Crippen LogP contribution is -2.27. The number of rotatable bonds is 6. The molecule has 0 saturated heterocycles. The first kappa shape index (κ1) is 15.8. The number of hydrogen-bond donors (Lipinski definition) is 0. The summed E-state index contributed by atoms with van der Waals surface area (Å²) in [5, 5.41) is 0. The Kier molecular flexibility index (Phi) is 5.57. The van der Waals surface area contributed by atoms with Crippen molar-refractivity contribution in [2.75, 3.05) is 17.3 Å². The summed E-state index contributed by atoms with van der Waals surface area (Å²) in [6, 6.07) is 12.4. The fraction of sp³-hybridized carbons (Fsp3) is 0.412. The van der Waals surface area contributed by atoms with Crippen molar-refractivity contribution in [3.63, 3.8) is 0 Å². The van der Waals surface area contributed by atoms with Crippen molar-refractivity contribution >= 4 is 17.5 Å². The average molecular weight is 304 g/mol. The molecule has 2 aromatic rings. The number of hydrogen-bond acceptors (Lipinski definition) is 3. The molecule has 21 heavy (non-hydrogen) atoms. The maximum absolute atomic E-state index is 5.96. The Balaban J connectivity index is 2.29. The number of nitrogens with zero attached hydrogens (tertiary/aromatic N) is 3. The lowest BCUT2D eigenvalue weighted by Gasteiger charge is -2.23. The van der Waals surface area contributed by atoms with Gasteiger partial charge in [0, 0.05) is 30.4 Å². The molecule has 112 valence electrons. The smallest absolute Gasteiger partial charge is 0.226 e. The zero-order valence-electron chi connectivity index (χ0n) is 12.9. The van der Waals surface area contributed by atoms with E-state index in [1.165, 1.54) is 5.56 Å². The van der Waals surface area contributed by atoms with Gasteiger partial charge in [-0.05, 0) is 24.5 Å². The van der Waals surface area contributed by atoms with Crippen molar-refractivity contribution in [3.8, 4) is 0 Å². The van der Waals surface area contributed by atoms with E-state index in [1.54, 1.807) is 0 Å². The molecular formula is C17H22ClN3. The van der Waals surface area contributed by atoms with Crippen molar-refractivity contribution in [3.05, 3.63) is 53.3 Å². The highest BCUT2D eigenvalue weighted by Gasteiger charge is 2.13. The molecule has 0 N–H and O–H groups in total. The van der Waals surface area contributed by atoms with Crippen molar-refractivity contribution < 1.29 is 0 Å². The molecule has 0 unspecified atom stereocenters. The third-order valence-electron chi connectivity index (χ3n) is 3.31. The molecular weight excluding hydrogens is 282 g/mol. The van der Waals surface area contributed by atoms with Crippen LogP contribution in [0.25, 0.3) is 0 Å². The predicted molar refractivity (Wildman–Crippen MR) is 89.1 cm³/mol. The van der Waals surface area contributed by atoms with Gasteiger partial charge < -0.3 is 4.90 Å². The lowest BCUT2D eigenvalue weighted by molar-refractivity contribution is 0.755. The molecule has 0 fully saturated rings. The van der Waals surface area contributed by atoms with Crippen molar-refractivity contribution in [1.82, 2.24) is 9.97 Å². The lowest BCUT2D eigenvalue weighted by atomic mass is 10.1. The summed E-state index contributed by atoms with van der Waals surface area (Å²) in [7, 11) is 0. The molecule has 0 aliphatic heterocycles. The van der Waals surface area contributed by atoms with Crippen LogP contribution in [0.3, 0.4) is 0 Å². The number of anilines is 1. The second kappa shape index (κ2) is 7.41. The SMILES string of the molecule is Cc1cc(C(C)C)nc(N(CCCl)Cc2ccccc2)n1. The third-order valence-corrected chi connectivity index (χ3v) is 3.48. The van der Waals surface area contributed by atoms with Crippen LogP contribution >= 0.6 is 11.6 Å². The van der Waals surface area contributed by atoms with Gasteiger partial charge in [0.15, 0.2) is 0 Å². The van der Waals surface area contributed by atoms with E-state index in [2.05, 4.69) is 41.9 Å². The van der Waals surface area contributed by atoms with Gasteiger partial charge in [0.25, 0.3) is 0 Å². The van der Waals surface area contributed by atoms with Crippen LogP contribution in [0, 0.1) is 6.92 Å². The molecule has 1 aromatic carbocycles. The molecule has 0 amide bonds. The number of halogens is 1. The standard InChI is InChI=1S/C17H22ClN3/c1-13(2)16-11-14(3)19-17(20-16)21(10-9-18)12-15-7-5-4-6-8-15/h4-8,11,13H,9-10,12H2,1-3H3.